The second-order valence-corrected chi connectivity index (χ2v) is 5.26. The molecule has 3 rings (SSSR count). The SMILES string of the molecule is Nc1c(-c2cccc(Cl)c2F)nc2c(Br)cccn12. The second-order valence-electron chi connectivity index (χ2n) is 4.00. The van der Waals surface area contributed by atoms with E-state index in [0.717, 1.165) is 4.47 Å². The molecule has 0 spiro atoms. The van der Waals surface area contributed by atoms with Gasteiger partial charge < -0.3 is 5.73 Å². The van der Waals surface area contributed by atoms with Crippen LogP contribution in [0.3, 0.4) is 0 Å². The van der Waals surface area contributed by atoms with E-state index < -0.39 is 5.82 Å². The molecule has 2 aromatic heterocycles. The minimum atomic E-state index is -0.518. The van der Waals surface area contributed by atoms with E-state index in [1.165, 1.54) is 6.07 Å². The van der Waals surface area contributed by atoms with Crippen LogP contribution in [0.5, 0.6) is 0 Å². The van der Waals surface area contributed by atoms with Crippen molar-refractivity contribution in [2.75, 3.05) is 5.73 Å². The molecule has 0 atom stereocenters. The highest BCUT2D eigenvalue weighted by atomic mass is 79.9. The van der Waals surface area contributed by atoms with Crippen LogP contribution < -0.4 is 5.73 Å². The van der Waals surface area contributed by atoms with E-state index in [1.807, 2.05) is 12.1 Å². The number of pyridine rings is 1. The van der Waals surface area contributed by atoms with E-state index in [-0.39, 0.29) is 5.02 Å². The third-order valence-corrected chi connectivity index (χ3v) is 3.76. The highest BCUT2D eigenvalue weighted by Crippen LogP contribution is 2.33. The number of nitrogens with two attached hydrogens (primary N) is 1. The number of imidazole rings is 1. The first-order valence-corrected chi connectivity index (χ1v) is 6.63. The molecule has 2 N–H and O–H groups in total. The van der Waals surface area contributed by atoms with Crippen molar-refractivity contribution >= 4 is 39.0 Å². The number of fused-ring (bicyclic) bond motifs is 1. The lowest BCUT2D eigenvalue weighted by Crippen LogP contribution is -1.95. The van der Waals surface area contributed by atoms with Gasteiger partial charge in [0.25, 0.3) is 0 Å². The van der Waals surface area contributed by atoms with Gasteiger partial charge in [0.15, 0.2) is 11.5 Å². The fraction of sp³-hybridized carbons (Fsp3) is 0. The summed E-state index contributed by atoms with van der Waals surface area (Å²) < 4.78 is 16.5. The lowest BCUT2D eigenvalue weighted by atomic mass is 10.1. The number of aromatic nitrogens is 2. The van der Waals surface area contributed by atoms with Gasteiger partial charge in [0.1, 0.15) is 11.5 Å². The van der Waals surface area contributed by atoms with Crippen molar-refractivity contribution in [2.45, 2.75) is 0 Å². The molecule has 3 aromatic rings. The number of nitrogens with zero attached hydrogens (tertiary/aromatic N) is 2. The van der Waals surface area contributed by atoms with Crippen molar-refractivity contribution in [3.8, 4) is 11.3 Å². The van der Waals surface area contributed by atoms with Gasteiger partial charge in [0, 0.05) is 11.8 Å². The van der Waals surface area contributed by atoms with Crippen LogP contribution in [-0.4, -0.2) is 9.38 Å². The predicted molar refractivity (Wildman–Crippen MR) is 77.7 cm³/mol. The van der Waals surface area contributed by atoms with Crippen LogP contribution in [0.1, 0.15) is 0 Å². The van der Waals surface area contributed by atoms with Crippen LogP contribution in [0.25, 0.3) is 16.9 Å². The first-order valence-electron chi connectivity index (χ1n) is 5.46. The molecule has 0 fully saturated rings. The van der Waals surface area contributed by atoms with Gasteiger partial charge in [-0.05, 0) is 40.2 Å². The lowest BCUT2D eigenvalue weighted by Gasteiger charge is -2.02. The Morgan fingerprint density at radius 1 is 1.26 bits per heavy atom. The Morgan fingerprint density at radius 3 is 2.79 bits per heavy atom. The Morgan fingerprint density at radius 2 is 2.05 bits per heavy atom. The van der Waals surface area contributed by atoms with Crippen LogP contribution in [0.4, 0.5) is 10.2 Å². The summed E-state index contributed by atoms with van der Waals surface area (Å²) in [6.45, 7) is 0. The van der Waals surface area contributed by atoms with E-state index in [0.29, 0.717) is 22.7 Å². The minimum Gasteiger partial charge on any atom is -0.383 e. The van der Waals surface area contributed by atoms with E-state index in [9.17, 15) is 4.39 Å². The molecule has 0 aliphatic carbocycles. The zero-order valence-electron chi connectivity index (χ0n) is 9.57. The molecule has 96 valence electrons. The van der Waals surface area contributed by atoms with E-state index in [1.54, 1.807) is 22.7 Å². The molecular formula is C13H8BrClFN3. The van der Waals surface area contributed by atoms with Crippen molar-refractivity contribution in [3.63, 3.8) is 0 Å². The summed E-state index contributed by atoms with van der Waals surface area (Å²) in [6.07, 6.45) is 1.77. The van der Waals surface area contributed by atoms with Crippen LogP contribution >= 0.6 is 27.5 Å². The van der Waals surface area contributed by atoms with Crippen LogP contribution in [0.2, 0.25) is 5.02 Å². The number of hydrogen-bond donors (Lipinski definition) is 1. The van der Waals surface area contributed by atoms with E-state index in [2.05, 4.69) is 20.9 Å². The van der Waals surface area contributed by atoms with Gasteiger partial charge in [-0.15, -0.1) is 0 Å². The molecular weight excluding hydrogens is 333 g/mol. The van der Waals surface area contributed by atoms with Crippen LogP contribution in [0.15, 0.2) is 41.0 Å². The molecule has 6 heteroatoms. The monoisotopic (exact) mass is 339 g/mol. The molecule has 0 saturated heterocycles. The van der Waals surface area contributed by atoms with Crippen molar-refractivity contribution in [1.29, 1.82) is 0 Å². The predicted octanol–water partition coefficient (Wildman–Crippen LogP) is 4.14. The first-order chi connectivity index (χ1) is 9.09. The summed E-state index contributed by atoms with van der Waals surface area (Å²) >= 11 is 9.18. The summed E-state index contributed by atoms with van der Waals surface area (Å²) in [6, 6.07) is 8.43. The van der Waals surface area contributed by atoms with Gasteiger partial charge in [0.2, 0.25) is 0 Å². The molecule has 0 unspecified atom stereocenters. The fourth-order valence-electron chi connectivity index (χ4n) is 1.94. The summed E-state index contributed by atoms with van der Waals surface area (Å²) in [5.74, 6) is -0.145. The maximum absolute atomic E-state index is 14.0. The number of halogens is 3. The van der Waals surface area contributed by atoms with Gasteiger partial charge >= 0.3 is 0 Å². The van der Waals surface area contributed by atoms with Gasteiger partial charge in [0.05, 0.1) is 9.50 Å². The maximum Gasteiger partial charge on any atom is 0.153 e. The minimum absolute atomic E-state index is 0.0491. The molecule has 3 nitrogen and oxygen atoms in total. The largest absolute Gasteiger partial charge is 0.383 e. The standard InChI is InChI=1S/C13H8BrClFN3/c14-8-4-2-6-19-12(17)11(18-13(8)19)7-3-1-5-9(15)10(7)16/h1-6H,17H2. The number of rotatable bonds is 1. The Bertz CT molecular complexity index is 785. The highest BCUT2D eigenvalue weighted by Gasteiger charge is 2.17. The van der Waals surface area contributed by atoms with Crippen molar-refractivity contribution < 1.29 is 4.39 Å². The smallest absolute Gasteiger partial charge is 0.153 e. The summed E-state index contributed by atoms with van der Waals surface area (Å²) in [4.78, 5) is 4.38. The summed E-state index contributed by atoms with van der Waals surface area (Å²) in [7, 11) is 0. The van der Waals surface area contributed by atoms with Gasteiger partial charge in [-0.1, -0.05) is 17.7 Å². The summed E-state index contributed by atoms with van der Waals surface area (Å²) in [5, 5.41) is 0.0491. The normalized spacial score (nSPS) is 11.1. The number of nitrogen functional groups attached to an aromatic ring is 1. The van der Waals surface area contributed by atoms with Crippen molar-refractivity contribution in [3.05, 3.63) is 51.8 Å². The van der Waals surface area contributed by atoms with Crippen LogP contribution in [-0.2, 0) is 0 Å². The quantitative estimate of drug-likeness (QED) is 0.723. The average molecular weight is 341 g/mol. The average Bonchev–Trinajstić information content (AvgIpc) is 2.72. The Labute approximate surface area is 122 Å². The topological polar surface area (TPSA) is 43.3 Å². The fourth-order valence-corrected chi connectivity index (χ4v) is 2.54. The summed E-state index contributed by atoms with van der Waals surface area (Å²) in [5.41, 5.74) is 7.34. The van der Waals surface area contributed by atoms with Gasteiger partial charge in [-0.2, -0.15) is 0 Å². The second kappa shape index (κ2) is 4.51. The van der Waals surface area contributed by atoms with Crippen LogP contribution in [0, 0.1) is 5.82 Å². The van der Waals surface area contributed by atoms with Gasteiger partial charge in [-0.25, -0.2) is 9.37 Å². The molecule has 0 radical (unpaired) electrons. The van der Waals surface area contributed by atoms with E-state index >= 15 is 0 Å². The zero-order chi connectivity index (χ0) is 13.6. The molecule has 0 aliphatic heterocycles. The number of benzene rings is 1. The lowest BCUT2D eigenvalue weighted by molar-refractivity contribution is 0.631. The van der Waals surface area contributed by atoms with Crippen molar-refractivity contribution in [2.24, 2.45) is 0 Å². The molecule has 0 saturated carbocycles. The van der Waals surface area contributed by atoms with E-state index in [4.69, 9.17) is 17.3 Å². The van der Waals surface area contributed by atoms with Gasteiger partial charge in [-0.3, -0.25) is 4.40 Å². The highest BCUT2D eigenvalue weighted by molar-refractivity contribution is 9.10. The van der Waals surface area contributed by atoms with Crippen molar-refractivity contribution in [1.82, 2.24) is 9.38 Å². The Kier molecular flexibility index (Phi) is 2.95. The molecule has 2 heterocycles. The zero-order valence-corrected chi connectivity index (χ0v) is 11.9. The molecule has 0 amide bonds. The molecule has 1 aromatic carbocycles. The molecule has 0 aliphatic rings. The third-order valence-electron chi connectivity index (χ3n) is 2.85. The number of anilines is 1. The first kappa shape index (κ1) is 12.4. The number of hydrogen-bond acceptors (Lipinski definition) is 2. The Hall–Kier alpha value is -1.59. The Balaban J connectivity index is 2.35. The third kappa shape index (κ3) is 1.89. The molecule has 19 heavy (non-hydrogen) atoms. The maximum atomic E-state index is 14.0. The molecule has 0 bridgehead atoms.